The van der Waals surface area contributed by atoms with Crippen molar-refractivity contribution in [2.24, 2.45) is 11.7 Å². The molecular formula is C14H20N2O. The summed E-state index contributed by atoms with van der Waals surface area (Å²) >= 11 is 0. The second-order valence-corrected chi connectivity index (χ2v) is 4.75. The summed E-state index contributed by atoms with van der Waals surface area (Å²) < 4.78 is 0. The topological polar surface area (TPSA) is 46.3 Å². The number of para-hydroxylation sites is 1. The van der Waals surface area contributed by atoms with Gasteiger partial charge in [0.15, 0.2) is 0 Å². The zero-order valence-corrected chi connectivity index (χ0v) is 10.6. The molecule has 2 N–H and O–H groups in total. The van der Waals surface area contributed by atoms with Crippen molar-refractivity contribution in [1.82, 2.24) is 0 Å². The second-order valence-electron chi connectivity index (χ2n) is 4.75. The van der Waals surface area contributed by atoms with E-state index < -0.39 is 0 Å². The van der Waals surface area contributed by atoms with E-state index in [1.807, 2.05) is 4.90 Å². The molecule has 0 bridgehead atoms. The highest BCUT2D eigenvalue weighted by Crippen LogP contribution is 2.31. The molecule has 1 amide bonds. The van der Waals surface area contributed by atoms with E-state index in [-0.39, 0.29) is 5.91 Å². The number of hydrogen-bond acceptors (Lipinski definition) is 2. The van der Waals surface area contributed by atoms with E-state index in [2.05, 4.69) is 32.0 Å². The van der Waals surface area contributed by atoms with Crippen LogP contribution in [0, 0.1) is 12.8 Å². The van der Waals surface area contributed by atoms with Gasteiger partial charge in [0.1, 0.15) is 0 Å². The van der Waals surface area contributed by atoms with E-state index >= 15 is 0 Å². The molecule has 92 valence electrons. The number of nitrogens with two attached hydrogens (primary N) is 1. The van der Waals surface area contributed by atoms with Crippen molar-refractivity contribution in [3.63, 3.8) is 0 Å². The fourth-order valence-corrected chi connectivity index (χ4v) is 2.55. The van der Waals surface area contributed by atoms with Crippen molar-refractivity contribution >= 4 is 11.6 Å². The number of amides is 1. The van der Waals surface area contributed by atoms with Crippen molar-refractivity contribution in [3.8, 4) is 0 Å². The van der Waals surface area contributed by atoms with E-state index in [1.165, 1.54) is 11.1 Å². The lowest BCUT2D eigenvalue weighted by Gasteiger charge is -2.22. The SMILES string of the molecule is CCc1cccc(C)c1N1CC(CN)CC1=O. The maximum absolute atomic E-state index is 12.0. The Morgan fingerprint density at radius 2 is 2.24 bits per heavy atom. The molecule has 0 saturated carbocycles. The summed E-state index contributed by atoms with van der Waals surface area (Å²) in [6.07, 6.45) is 1.54. The first kappa shape index (κ1) is 12.1. The molecule has 0 aromatic heterocycles. The molecule has 0 spiro atoms. The molecule has 1 aliphatic heterocycles. The van der Waals surface area contributed by atoms with Crippen LogP contribution in [0.2, 0.25) is 0 Å². The van der Waals surface area contributed by atoms with Gasteiger partial charge in [0.2, 0.25) is 5.91 Å². The summed E-state index contributed by atoms with van der Waals surface area (Å²) in [7, 11) is 0. The molecule has 1 heterocycles. The van der Waals surface area contributed by atoms with Gasteiger partial charge in [0.25, 0.3) is 0 Å². The third-order valence-electron chi connectivity index (χ3n) is 3.51. The molecule has 1 atom stereocenters. The van der Waals surface area contributed by atoms with Crippen LogP contribution in [-0.4, -0.2) is 19.0 Å². The fourth-order valence-electron chi connectivity index (χ4n) is 2.55. The highest BCUT2D eigenvalue weighted by molar-refractivity contribution is 5.97. The molecule has 2 rings (SSSR count). The van der Waals surface area contributed by atoms with Crippen LogP contribution in [0.25, 0.3) is 0 Å². The average Bonchev–Trinajstić information content (AvgIpc) is 2.70. The van der Waals surface area contributed by atoms with Gasteiger partial charge in [-0.2, -0.15) is 0 Å². The normalized spacial score (nSPS) is 20.1. The Balaban J connectivity index is 2.37. The number of nitrogens with zero attached hydrogens (tertiary/aromatic N) is 1. The third kappa shape index (κ3) is 2.20. The maximum atomic E-state index is 12.0. The van der Waals surface area contributed by atoms with E-state index in [9.17, 15) is 4.79 Å². The molecule has 3 heteroatoms. The van der Waals surface area contributed by atoms with Gasteiger partial charge in [-0.05, 0) is 36.9 Å². The Morgan fingerprint density at radius 3 is 2.82 bits per heavy atom. The Kier molecular flexibility index (Phi) is 3.48. The summed E-state index contributed by atoms with van der Waals surface area (Å²) in [5, 5.41) is 0. The van der Waals surface area contributed by atoms with Crippen LogP contribution in [0.15, 0.2) is 18.2 Å². The Bertz CT molecular complexity index is 428. The van der Waals surface area contributed by atoms with E-state index in [0.29, 0.717) is 18.9 Å². The second kappa shape index (κ2) is 4.88. The van der Waals surface area contributed by atoms with Crippen molar-refractivity contribution in [3.05, 3.63) is 29.3 Å². The maximum Gasteiger partial charge on any atom is 0.227 e. The van der Waals surface area contributed by atoms with Gasteiger partial charge in [0.05, 0.1) is 0 Å². The molecular weight excluding hydrogens is 212 g/mol. The van der Waals surface area contributed by atoms with Crippen LogP contribution in [-0.2, 0) is 11.2 Å². The van der Waals surface area contributed by atoms with Crippen molar-refractivity contribution in [2.45, 2.75) is 26.7 Å². The minimum atomic E-state index is 0.212. The first-order valence-electron chi connectivity index (χ1n) is 6.26. The van der Waals surface area contributed by atoms with E-state index in [4.69, 9.17) is 5.73 Å². The molecule has 1 saturated heterocycles. The molecule has 17 heavy (non-hydrogen) atoms. The van der Waals surface area contributed by atoms with Gasteiger partial charge in [-0.3, -0.25) is 4.79 Å². The van der Waals surface area contributed by atoms with Crippen LogP contribution in [0.3, 0.4) is 0 Å². The first-order valence-corrected chi connectivity index (χ1v) is 6.26. The van der Waals surface area contributed by atoms with E-state index in [1.54, 1.807) is 0 Å². The molecule has 1 fully saturated rings. The zero-order chi connectivity index (χ0) is 12.4. The van der Waals surface area contributed by atoms with Crippen LogP contribution >= 0.6 is 0 Å². The number of anilines is 1. The fraction of sp³-hybridized carbons (Fsp3) is 0.500. The zero-order valence-electron chi connectivity index (χ0n) is 10.6. The third-order valence-corrected chi connectivity index (χ3v) is 3.51. The van der Waals surface area contributed by atoms with Crippen LogP contribution < -0.4 is 10.6 Å². The van der Waals surface area contributed by atoms with Crippen LogP contribution in [0.5, 0.6) is 0 Å². The average molecular weight is 232 g/mol. The summed E-state index contributed by atoms with van der Waals surface area (Å²) in [5.41, 5.74) is 9.20. The van der Waals surface area contributed by atoms with E-state index in [0.717, 1.165) is 18.7 Å². The number of aryl methyl sites for hydroxylation is 2. The monoisotopic (exact) mass is 232 g/mol. The molecule has 1 aromatic rings. The van der Waals surface area contributed by atoms with Gasteiger partial charge >= 0.3 is 0 Å². The first-order chi connectivity index (χ1) is 8.17. The predicted octanol–water partition coefficient (Wildman–Crippen LogP) is 1.87. The highest BCUT2D eigenvalue weighted by atomic mass is 16.2. The lowest BCUT2D eigenvalue weighted by Crippen LogP contribution is -2.27. The Morgan fingerprint density at radius 1 is 1.47 bits per heavy atom. The summed E-state index contributed by atoms with van der Waals surface area (Å²) in [6.45, 7) is 5.56. The minimum absolute atomic E-state index is 0.212. The van der Waals surface area contributed by atoms with Gasteiger partial charge in [-0.1, -0.05) is 25.1 Å². The molecule has 0 aliphatic carbocycles. The number of benzene rings is 1. The number of carbonyl (C=O) groups is 1. The van der Waals surface area contributed by atoms with Crippen LogP contribution in [0.1, 0.15) is 24.5 Å². The van der Waals surface area contributed by atoms with Crippen molar-refractivity contribution < 1.29 is 4.79 Å². The molecule has 1 aromatic carbocycles. The summed E-state index contributed by atoms with van der Waals surface area (Å²) in [4.78, 5) is 14.0. The highest BCUT2D eigenvalue weighted by Gasteiger charge is 2.31. The molecule has 3 nitrogen and oxygen atoms in total. The number of rotatable bonds is 3. The quantitative estimate of drug-likeness (QED) is 0.864. The molecule has 1 unspecified atom stereocenters. The summed E-state index contributed by atoms with van der Waals surface area (Å²) in [6, 6.07) is 6.22. The molecule has 1 aliphatic rings. The van der Waals surface area contributed by atoms with Gasteiger partial charge in [0, 0.05) is 18.7 Å². The largest absolute Gasteiger partial charge is 0.330 e. The standard InChI is InChI=1S/C14H20N2O/c1-3-12-6-4-5-10(2)14(12)16-9-11(8-15)7-13(16)17/h4-6,11H,3,7-9,15H2,1-2H3. The smallest absolute Gasteiger partial charge is 0.227 e. The Labute approximate surface area is 103 Å². The van der Waals surface area contributed by atoms with Gasteiger partial charge < -0.3 is 10.6 Å². The van der Waals surface area contributed by atoms with Gasteiger partial charge in [-0.25, -0.2) is 0 Å². The number of hydrogen-bond donors (Lipinski definition) is 1. The summed E-state index contributed by atoms with van der Waals surface area (Å²) in [5.74, 6) is 0.524. The lowest BCUT2D eigenvalue weighted by molar-refractivity contribution is -0.117. The Hall–Kier alpha value is -1.35. The predicted molar refractivity (Wildman–Crippen MR) is 70.1 cm³/mol. The number of carbonyl (C=O) groups excluding carboxylic acids is 1. The van der Waals surface area contributed by atoms with Crippen molar-refractivity contribution in [1.29, 1.82) is 0 Å². The van der Waals surface area contributed by atoms with Crippen LogP contribution in [0.4, 0.5) is 5.69 Å². The minimum Gasteiger partial charge on any atom is -0.330 e. The molecule has 0 radical (unpaired) electrons. The van der Waals surface area contributed by atoms with Gasteiger partial charge in [-0.15, -0.1) is 0 Å². The lowest BCUT2D eigenvalue weighted by atomic mass is 10.0. The van der Waals surface area contributed by atoms with Crippen molar-refractivity contribution in [2.75, 3.05) is 18.0 Å².